The average molecular weight is 462 g/mol. The molecule has 3 N–H and O–H groups in total. The average Bonchev–Trinajstić information content (AvgIpc) is 2.66. The Morgan fingerprint density at radius 1 is 0.969 bits per heavy atom. The molecule has 172 valence electrons. The zero-order valence-corrected chi connectivity index (χ0v) is 19.4. The van der Waals surface area contributed by atoms with Gasteiger partial charge < -0.3 is 10.1 Å². The summed E-state index contributed by atoms with van der Waals surface area (Å²) in [6.45, 7) is 8.01. The summed E-state index contributed by atoms with van der Waals surface area (Å²) in [5, 5.41) is 4.58. The topological polar surface area (TPSA) is 131 Å². The predicted molar refractivity (Wildman–Crippen MR) is 120 cm³/mol. The first-order valence-corrected chi connectivity index (χ1v) is 11.2. The van der Waals surface area contributed by atoms with E-state index in [9.17, 15) is 22.8 Å². The quantitative estimate of drug-likeness (QED) is 0.567. The molecule has 2 rings (SSSR count). The third-order valence-electron chi connectivity index (χ3n) is 4.09. The Hall–Kier alpha value is -3.40. The van der Waals surface area contributed by atoms with Crippen LogP contribution in [0.5, 0.6) is 0 Å². The van der Waals surface area contributed by atoms with E-state index in [4.69, 9.17) is 4.74 Å². The fourth-order valence-electron chi connectivity index (χ4n) is 2.60. The molecule has 0 saturated carbocycles. The maximum absolute atomic E-state index is 12.8. The number of nitrogens with one attached hydrogen (secondary N) is 3. The first-order chi connectivity index (χ1) is 14.8. The van der Waals surface area contributed by atoms with Gasteiger partial charge in [0.1, 0.15) is 0 Å². The summed E-state index contributed by atoms with van der Waals surface area (Å²) in [5.41, 5.74) is 1.20. The lowest BCUT2D eigenvalue weighted by molar-refractivity contribution is -0.123. The highest BCUT2D eigenvalue weighted by molar-refractivity contribution is 7.92. The van der Waals surface area contributed by atoms with Crippen molar-refractivity contribution in [2.24, 2.45) is 0 Å². The molecule has 0 radical (unpaired) electrons. The molecule has 2 aromatic rings. The molecule has 0 aliphatic rings. The Kier molecular flexibility index (Phi) is 7.63. The minimum atomic E-state index is -3.97. The maximum Gasteiger partial charge on any atom is 0.338 e. The van der Waals surface area contributed by atoms with Crippen molar-refractivity contribution >= 4 is 33.6 Å². The van der Waals surface area contributed by atoms with E-state index in [0.717, 1.165) is 5.56 Å². The summed E-state index contributed by atoms with van der Waals surface area (Å²) in [4.78, 5) is 35.8. The third kappa shape index (κ3) is 7.38. The van der Waals surface area contributed by atoms with Crippen LogP contribution >= 0.6 is 0 Å². The molecule has 0 bridgehead atoms. The molecule has 0 saturated heterocycles. The van der Waals surface area contributed by atoms with E-state index >= 15 is 0 Å². The number of sulfonamides is 1. The second-order valence-electron chi connectivity index (χ2n) is 8.28. The van der Waals surface area contributed by atoms with Gasteiger partial charge in [0.05, 0.1) is 10.5 Å². The Balaban J connectivity index is 2.07. The highest BCUT2D eigenvalue weighted by atomic mass is 32.2. The number of hydrogen-bond acceptors (Lipinski definition) is 6. The zero-order valence-electron chi connectivity index (χ0n) is 18.6. The molecule has 0 fully saturated rings. The number of hydrogen-bond donors (Lipinski definition) is 3. The second-order valence-corrected chi connectivity index (χ2v) is 9.93. The monoisotopic (exact) mass is 461 g/mol. The Morgan fingerprint density at radius 2 is 1.59 bits per heavy atom. The number of ether oxygens (including phenoxy) is 1. The van der Waals surface area contributed by atoms with Crippen LogP contribution in [-0.2, 0) is 19.6 Å². The molecule has 2 aromatic carbocycles. The molecule has 0 spiro atoms. The number of benzene rings is 2. The lowest BCUT2D eigenvalue weighted by Gasteiger charge is -2.20. The molecule has 9 nitrogen and oxygen atoms in total. The molecule has 32 heavy (non-hydrogen) atoms. The SMILES string of the molecule is Cc1ccc(NS(=O)(=O)c2cc(C(=O)OCC(=O)NC(=O)NC(C)(C)C)ccc2C)cc1. The van der Waals surface area contributed by atoms with Crippen molar-refractivity contribution in [2.45, 2.75) is 45.1 Å². The molecular weight excluding hydrogens is 434 g/mol. The van der Waals surface area contributed by atoms with Crippen molar-refractivity contribution in [3.8, 4) is 0 Å². The fraction of sp³-hybridized carbons (Fsp3) is 0.318. The second kappa shape index (κ2) is 9.82. The minimum Gasteiger partial charge on any atom is -0.452 e. The number of carbonyl (C=O) groups is 3. The van der Waals surface area contributed by atoms with E-state index in [0.29, 0.717) is 11.3 Å². The number of amides is 3. The first-order valence-electron chi connectivity index (χ1n) is 9.76. The van der Waals surface area contributed by atoms with E-state index in [1.54, 1.807) is 52.0 Å². The maximum atomic E-state index is 12.8. The number of anilines is 1. The zero-order chi connectivity index (χ0) is 24.1. The van der Waals surface area contributed by atoms with Crippen molar-refractivity contribution in [2.75, 3.05) is 11.3 Å². The molecule has 3 amide bonds. The summed E-state index contributed by atoms with van der Waals surface area (Å²) in [5.74, 6) is -1.72. The Bertz CT molecular complexity index is 1120. The van der Waals surface area contributed by atoms with E-state index in [2.05, 4.69) is 10.0 Å². The van der Waals surface area contributed by atoms with Gasteiger partial charge in [-0.15, -0.1) is 0 Å². The number of carbonyl (C=O) groups excluding carboxylic acids is 3. The van der Waals surface area contributed by atoms with Crippen LogP contribution in [0, 0.1) is 13.8 Å². The van der Waals surface area contributed by atoms with E-state index in [-0.39, 0.29) is 10.5 Å². The normalized spacial score (nSPS) is 11.4. The van der Waals surface area contributed by atoms with Crippen molar-refractivity contribution in [3.63, 3.8) is 0 Å². The van der Waals surface area contributed by atoms with Crippen LogP contribution in [0.1, 0.15) is 42.3 Å². The van der Waals surface area contributed by atoms with Gasteiger partial charge in [-0.3, -0.25) is 14.8 Å². The van der Waals surface area contributed by atoms with Crippen LogP contribution < -0.4 is 15.4 Å². The van der Waals surface area contributed by atoms with Gasteiger partial charge >= 0.3 is 12.0 Å². The summed E-state index contributed by atoms with van der Waals surface area (Å²) >= 11 is 0. The van der Waals surface area contributed by atoms with E-state index in [1.165, 1.54) is 18.2 Å². The summed E-state index contributed by atoms with van der Waals surface area (Å²) < 4.78 is 33.0. The van der Waals surface area contributed by atoms with Gasteiger partial charge in [0.25, 0.3) is 15.9 Å². The highest BCUT2D eigenvalue weighted by Crippen LogP contribution is 2.21. The van der Waals surface area contributed by atoms with Crippen LogP contribution in [0.3, 0.4) is 0 Å². The largest absolute Gasteiger partial charge is 0.452 e. The summed E-state index contributed by atoms with van der Waals surface area (Å²) in [6.07, 6.45) is 0. The number of aryl methyl sites for hydroxylation is 2. The molecule has 0 heterocycles. The van der Waals surface area contributed by atoms with Gasteiger partial charge in [-0.05, 0) is 64.4 Å². The molecular formula is C22H27N3O6S. The van der Waals surface area contributed by atoms with Crippen LogP contribution in [-0.4, -0.2) is 38.5 Å². The molecule has 0 unspecified atom stereocenters. The molecule has 0 aliphatic heterocycles. The number of rotatable bonds is 6. The van der Waals surface area contributed by atoms with Gasteiger partial charge in [-0.2, -0.15) is 0 Å². The van der Waals surface area contributed by atoms with Crippen molar-refractivity contribution in [3.05, 3.63) is 59.2 Å². The number of urea groups is 1. The smallest absolute Gasteiger partial charge is 0.338 e. The fourth-order valence-corrected chi connectivity index (χ4v) is 3.93. The van der Waals surface area contributed by atoms with Gasteiger partial charge in [-0.25, -0.2) is 18.0 Å². The first kappa shape index (κ1) is 24.9. The molecule has 0 aliphatic carbocycles. The lowest BCUT2D eigenvalue weighted by atomic mass is 10.1. The lowest BCUT2D eigenvalue weighted by Crippen LogP contribution is -2.49. The minimum absolute atomic E-state index is 0.0492. The van der Waals surface area contributed by atoms with Crippen LogP contribution in [0.2, 0.25) is 0 Å². The van der Waals surface area contributed by atoms with E-state index in [1.807, 2.05) is 12.2 Å². The third-order valence-corrected chi connectivity index (χ3v) is 5.62. The van der Waals surface area contributed by atoms with Gasteiger partial charge in [-0.1, -0.05) is 23.8 Å². The van der Waals surface area contributed by atoms with Gasteiger partial charge in [0, 0.05) is 11.2 Å². The molecule has 0 aromatic heterocycles. The Labute approximate surface area is 187 Å². The van der Waals surface area contributed by atoms with E-state index < -0.39 is 40.1 Å². The van der Waals surface area contributed by atoms with Gasteiger partial charge in [0.2, 0.25) is 0 Å². The molecule has 0 atom stereocenters. The van der Waals surface area contributed by atoms with Crippen LogP contribution in [0.25, 0.3) is 0 Å². The highest BCUT2D eigenvalue weighted by Gasteiger charge is 2.21. The van der Waals surface area contributed by atoms with Crippen molar-refractivity contribution in [1.29, 1.82) is 0 Å². The summed E-state index contributed by atoms with van der Waals surface area (Å²) in [7, 11) is -3.97. The number of imide groups is 1. The number of esters is 1. The van der Waals surface area contributed by atoms with Crippen molar-refractivity contribution < 1.29 is 27.5 Å². The van der Waals surface area contributed by atoms with Gasteiger partial charge in [0.15, 0.2) is 6.61 Å². The van der Waals surface area contributed by atoms with Crippen molar-refractivity contribution in [1.82, 2.24) is 10.6 Å². The molecule has 10 heteroatoms. The van der Waals surface area contributed by atoms with Crippen LogP contribution in [0.15, 0.2) is 47.4 Å². The Morgan fingerprint density at radius 3 is 2.19 bits per heavy atom. The predicted octanol–water partition coefficient (Wildman–Crippen LogP) is 2.89. The summed E-state index contributed by atoms with van der Waals surface area (Å²) in [6, 6.07) is 10.1. The standard InChI is InChI=1S/C22H27N3O6S/c1-14-6-10-17(11-7-14)25-32(29,30)18-12-16(9-8-15(18)2)20(27)31-13-19(26)23-21(28)24-22(3,4)5/h6-12,25H,13H2,1-5H3,(H2,23,24,26,28). The van der Waals surface area contributed by atoms with Crippen LogP contribution in [0.4, 0.5) is 10.5 Å².